The summed E-state index contributed by atoms with van der Waals surface area (Å²) in [7, 11) is 0. The fourth-order valence-electron chi connectivity index (χ4n) is 3.41. The SMILES string of the molecule is C[C@@H]1C[C@@H]1C(=O)NCCC(=O)NCc1ccc(N2CCCCCC2)nc1. The van der Waals surface area contributed by atoms with E-state index in [1.54, 1.807) is 0 Å². The van der Waals surface area contributed by atoms with Gasteiger partial charge in [-0.25, -0.2) is 4.98 Å². The van der Waals surface area contributed by atoms with Crippen LogP contribution in [0.25, 0.3) is 0 Å². The Morgan fingerprint density at radius 3 is 2.50 bits per heavy atom. The summed E-state index contributed by atoms with van der Waals surface area (Å²) >= 11 is 0. The number of carbonyl (C=O) groups is 2. The van der Waals surface area contributed by atoms with Gasteiger partial charge in [0, 0.05) is 44.7 Å². The lowest BCUT2D eigenvalue weighted by atomic mass is 10.2. The first kappa shape index (κ1) is 18.7. The van der Waals surface area contributed by atoms with Gasteiger partial charge in [-0.05, 0) is 36.8 Å². The Morgan fingerprint density at radius 2 is 1.88 bits per heavy atom. The van der Waals surface area contributed by atoms with Crippen LogP contribution in [-0.4, -0.2) is 36.4 Å². The Labute approximate surface area is 155 Å². The first-order valence-corrected chi connectivity index (χ1v) is 9.88. The zero-order chi connectivity index (χ0) is 18.4. The van der Waals surface area contributed by atoms with E-state index in [1.165, 1.54) is 25.7 Å². The van der Waals surface area contributed by atoms with Gasteiger partial charge in [-0.1, -0.05) is 25.8 Å². The number of nitrogens with one attached hydrogen (secondary N) is 2. The molecular weight excluding hydrogens is 328 g/mol. The van der Waals surface area contributed by atoms with Crippen molar-refractivity contribution < 1.29 is 9.59 Å². The molecule has 1 saturated carbocycles. The molecule has 1 saturated heterocycles. The van der Waals surface area contributed by atoms with E-state index in [1.807, 2.05) is 18.3 Å². The highest BCUT2D eigenvalue weighted by molar-refractivity contribution is 5.82. The van der Waals surface area contributed by atoms with Crippen molar-refractivity contribution in [2.75, 3.05) is 24.5 Å². The molecule has 0 radical (unpaired) electrons. The molecule has 0 spiro atoms. The normalized spacial score (nSPS) is 22.4. The standard InChI is InChI=1S/C20H30N4O2/c1-15-12-17(15)20(26)21-9-8-19(25)23-14-16-6-7-18(22-13-16)24-10-4-2-3-5-11-24/h6-7,13,15,17H,2-5,8-12,14H2,1H3,(H,21,26)(H,23,25)/t15-,17+/m1/s1. The molecule has 1 aliphatic carbocycles. The summed E-state index contributed by atoms with van der Waals surface area (Å²) in [6, 6.07) is 4.08. The van der Waals surface area contributed by atoms with Crippen LogP contribution in [-0.2, 0) is 16.1 Å². The number of hydrogen-bond donors (Lipinski definition) is 2. The molecule has 142 valence electrons. The van der Waals surface area contributed by atoms with Gasteiger partial charge in [-0.2, -0.15) is 0 Å². The highest BCUT2D eigenvalue weighted by atomic mass is 16.2. The van der Waals surface area contributed by atoms with Crippen LogP contribution in [0.1, 0.15) is 51.0 Å². The second kappa shape index (κ2) is 9.01. The van der Waals surface area contributed by atoms with Gasteiger partial charge in [0.1, 0.15) is 5.82 Å². The summed E-state index contributed by atoms with van der Waals surface area (Å²) in [6.07, 6.45) is 8.20. The molecule has 26 heavy (non-hydrogen) atoms. The molecule has 6 heteroatoms. The number of hydrogen-bond acceptors (Lipinski definition) is 4. The highest BCUT2D eigenvalue weighted by Gasteiger charge is 2.38. The first-order valence-electron chi connectivity index (χ1n) is 9.88. The molecule has 2 amide bonds. The van der Waals surface area contributed by atoms with Gasteiger partial charge in [-0.15, -0.1) is 0 Å². The van der Waals surface area contributed by atoms with Crippen LogP contribution >= 0.6 is 0 Å². The topological polar surface area (TPSA) is 74.3 Å². The van der Waals surface area contributed by atoms with Crippen molar-refractivity contribution in [1.82, 2.24) is 15.6 Å². The summed E-state index contributed by atoms with van der Waals surface area (Å²) in [4.78, 5) is 30.5. The van der Waals surface area contributed by atoms with Crippen molar-refractivity contribution in [2.24, 2.45) is 11.8 Å². The lowest BCUT2D eigenvalue weighted by Crippen LogP contribution is -2.31. The van der Waals surface area contributed by atoms with Crippen molar-refractivity contribution in [3.8, 4) is 0 Å². The average Bonchev–Trinajstić information content (AvgIpc) is 3.43. The Bertz CT molecular complexity index is 609. The molecule has 6 nitrogen and oxygen atoms in total. The summed E-state index contributed by atoms with van der Waals surface area (Å²) in [5.74, 6) is 1.71. The number of anilines is 1. The molecule has 1 aromatic rings. The Hall–Kier alpha value is -2.11. The molecule has 2 aliphatic rings. The quantitative estimate of drug-likeness (QED) is 0.784. The fourth-order valence-corrected chi connectivity index (χ4v) is 3.41. The van der Waals surface area contributed by atoms with Crippen LogP contribution in [0.3, 0.4) is 0 Å². The lowest BCUT2D eigenvalue weighted by molar-refractivity contribution is -0.123. The van der Waals surface area contributed by atoms with Gasteiger partial charge in [0.15, 0.2) is 0 Å². The number of amides is 2. The molecule has 2 fully saturated rings. The molecule has 1 aliphatic heterocycles. The fraction of sp³-hybridized carbons (Fsp3) is 0.650. The second-order valence-corrected chi connectivity index (χ2v) is 7.56. The number of nitrogens with zero attached hydrogens (tertiary/aromatic N) is 2. The third-order valence-corrected chi connectivity index (χ3v) is 5.33. The Morgan fingerprint density at radius 1 is 1.15 bits per heavy atom. The first-order chi connectivity index (χ1) is 12.6. The van der Waals surface area contributed by atoms with Gasteiger partial charge in [0.25, 0.3) is 0 Å². The van der Waals surface area contributed by atoms with Crippen molar-refractivity contribution in [1.29, 1.82) is 0 Å². The monoisotopic (exact) mass is 358 g/mol. The summed E-state index contributed by atoms with van der Waals surface area (Å²) in [6.45, 7) is 5.10. The van der Waals surface area contributed by atoms with Crippen LogP contribution in [0, 0.1) is 11.8 Å². The minimum absolute atomic E-state index is 0.0502. The van der Waals surface area contributed by atoms with Gasteiger partial charge in [0.2, 0.25) is 11.8 Å². The zero-order valence-corrected chi connectivity index (χ0v) is 15.7. The summed E-state index contributed by atoms with van der Waals surface area (Å²) in [5.41, 5.74) is 0.993. The number of rotatable bonds is 7. The molecule has 0 aromatic carbocycles. The van der Waals surface area contributed by atoms with E-state index in [0.717, 1.165) is 30.9 Å². The summed E-state index contributed by atoms with van der Waals surface area (Å²) < 4.78 is 0. The predicted octanol–water partition coefficient (Wildman–Crippen LogP) is 2.24. The average molecular weight is 358 g/mol. The van der Waals surface area contributed by atoms with E-state index in [4.69, 9.17) is 0 Å². The van der Waals surface area contributed by atoms with Crippen LogP contribution in [0.2, 0.25) is 0 Å². The van der Waals surface area contributed by atoms with E-state index in [0.29, 0.717) is 25.4 Å². The second-order valence-electron chi connectivity index (χ2n) is 7.56. The summed E-state index contributed by atoms with van der Waals surface area (Å²) in [5, 5.41) is 5.73. The molecular formula is C20H30N4O2. The van der Waals surface area contributed by atoms with Gasteiger partial charge in [0.05, 0.1) is 0 Å². The molecule has 2 atom stereocenters. The third-order valence-electron chi connectivity index (χ3n) is 5.33. The molecule has 1 aromatic heterocycles. The maximum atomic E-state index is 11.9. The number of carbonyl (C=O) groups excluding carboxylic acids is 2. The highest BCUT2D eigenvalue weighted by Crippen LogP contribution is 2.37. The van der Waals surface area contributed by atoms with E-state index >= 15 is 0 Å². The van der Waals surface area contributed by atoms with Crippen molar-refractivity contribution >= 4 is 17.6 Å². The molecule has 2 N–H and O–H groups in total. The van der Waals surface area contributed by atoms with Crippen molar-refractivity contribution in [2.45, 2.75) is 52.0 Å². The maximum Gasteiger partial charge on any atom is 0.223 e. The Kier molecular flexibility index (Phi) is 6.47. The number of pyridine rings is 1. The van der Waals surface area contributed by atoms with E-state index in [9.17, 15) is 9.59 Å². The van der Waals surface area contributed by atoms with E-state index < -0.39 is 0 Å². The zero-order valence-electron chi connectivity index (χ0n) is 15.7. The molecule has 0 bridgehead atoms. The van der Waals surface area contributed by atoms with Crippen LogP contribution < -0.4 is 15.5 Å². The van der Waals surface area contributed by atoms with Crippen LogP contribution in [0.4, 0.5) is 5.82 Å². The molecule has 0 unspecified atom stereocenters. The Balaban J connectivity index is 1.36. The third kappa shape index (κ3) is 5.44. The van der Waals surface area contributed by atoms with Crippen molar-refractivity contribution in [3.05, 3.63) is 23.9 Å². The molecule has 3 rings (SSSR count). The largest absolute Gasteiger partial charge is 0.357 e. The van der Waals surface area contributed by atoms with Crippen LogP contribution in [0.5, 0.6) is 0 Å². The van der Waals surface area contributed by atoms with E-state index in [-0.39, 0.29) is 17.7 Å². The minimum atomic E-state index is -0.0502. The number of aromatic nitrogens is 1. The maximum absolute atomic E-state index is 11.9. The van der Waals surface area contributed by atoms with Crippen LogP contribution in [0.15, 0.2) is 18.3 Å². The van der Waals surface area contributed by atoms with Gasteiger partial charge < -0.3 is 15.5 Å². The lowest BCUT2D eigenvalue weighted by Gasteiger charge is -2.21. The minimum Gasteiger partial charge on any atom is -0.357 e. The molecule has 2 heterocycles. The predicted molar refractivity (Wildman–Crippen MR) is 102 cm³/mol. The van der Waals surface area contributed by atoms with Crippen molar-refractivity contribution in [3.63, 3.8) is 0 Å². The van der Waals surface area contributed by atoms with Gasteiger partial charge >= 0.3 is 0 Å². The smallest absolute Gasteiger partial charge is 0.223 e. The van der Waals surface area contributed by atoms with E-state index in [2.05, 4.69) is 27.4 Å². The van der Waals surface area contributed by atoms with Gasteiger partial charge in [-0.3, -0.25) is 9.59 Å².